The smallest absolute Gasteiger partial charge is 0.161 e. The highest BCUT2D eigenvalue weighted by Gasteiger charge is 2.20. The first-order valence-electron chi connectivity index (χ1n) is 13.7. The van der Waals surface area contributed by atoms with E-state index in [-0.39, 0.29) is 0 Å². The molecule has 1 aliphatic rings. The number of aromatic amines is 1. The van der Waals surface area contributed by atoms with Crippen molar-refractivity contribution in [3.8, 4) is 11.5 Å². The summed E-state index contributed by atoms with van der Waals surface area (Å²) >= 11 is 0. The van der Waals surface area contributed by atoms with Crippen molar-refractivity contribution in [3.63, 3.8) is 0 Å². The van der Waals surface area contributed by atoms with Crippen LogP contribution in [0, 0.1) is 0 Å². The number of ether oxygens (including phenoxy) is 2. The molecule has 1 atom stereocenters. The second-order valence-corrected chi connectivity index (χ2v) is 9.88. The molecule has 1 saturated heterocycles. The zero-order valence-electron chi connectivity index (χ0n) is 22.5. The zero-order valence-corrected chi connectivity index (χ0v) is 22.5. The molecule has 1 unspecified atom stereocenters. The van der Waals surface area contributed by atoms with Gasteiger partial charge in [-0.2, -0.15) is 5.10 Å². The number of aromatic nitrogens is 4. The van der Waals surface area contributed by atoms with Crippen LogP contribution in [-0.2, 0) is 19.4 Å². The van der Waals surface area contributed by atoms with Crippen LogP contribution in [0.15, 0.2) is 18.2 Å². The van der Waals surface area contributed by atoms with E-state index < -0.39 is 6.17 Å². The van der Waals surface area contributed by atoms with E-state index in [9.17, 15) is 4.39 Å². The lowest BCUT2D eigenvalue weighted by Gasteiger charge is -2.13. The number of halogens is 1. The second-order valence-electron chi connectivity index (χ2n) is 9.88. The Morgan fingerprint density at radius 1 is 1.05 bits per heavy atom. The molecule has 1 aliphatic heterocycles. The SMILES string of the molecule is CCCCc1nc(NCc2ccc(OC)c(OC)c2)c2[nH]nc(CCCCCCN3CCC(F)C3)c2n1. The molecule has 3 heterocycles. The van der Waals surface area contributed by atoms with Crippen LogP contribution in [0.25, 0.3) is 11.0 Å². The monoisotopic (exact) mass is 512 g/mol. The molecule has 4 rings (SSSR count). The molecule has 37 heavy (non-hydrogen) atoms. The molecular formula is C28H41FN6O2. The molecule has 8 nitrogen and oxygen atoms in total. The van der Waals surface area contributed by atoms with Gasteiger partial charge in [0.2, 0.25) is 0 Å². The van der Waals surface area contributed by atoms with Gasteiger partial charge in [-0.3, -0.25) is 5.10 Å². The summed E-state index contributed by atoms with van der Waals surface area (Å²) < 4.78 is 24.1. The van der Waals surface area contributed by atoms with Gasteiger partial charge in [0, 0.05) is 26.1 Å². The van der Waals surface area contributed by atoms with Gasteiger partial charge in [-0.1, -0.05) is 32.3 Å². The lowest BCUT2D eigenvalue weighted by Crippen LogP contribution is -2.22. The molecule has 1 aromatic carbocycles. The first-order chi connectivity index (χ1) is 18.1. The number of hydrogen-bond donors (Lipinski definition) is 2. The van der Waals surface area contributed by atoms with E-state index in [1.165, 1.54) is 0 Å². The number of benzene rings is 1. The Morgan fingerprint density at radius 3 is 2.65 bits per heavy atom. The van der Waals surface area contributed by atoms with E-state index in [1.807, 2.05) is 18.2 Å². The van der Waals surface area contributed by atoms with Gasteiger partial charge in [0.15, 0.2) is 17.3 Å². The van der Waals surface area contributed by atoms with Crippen LogP contribution < -0.4 is 14.8 Å². The molecule has 2 aromatic heterocycles. The quantitative estimate of drug-likeness (QED) is 0.261. The lowest BCUT2D eigenvalue weighted by atomic mass is 10.1. The largest absolute Gasteiger partial charge is 0.493 e. The van der Waals surface area contributed by atoms with Gasteiger partial charge in [-0.05, 0) is 56.3 Å². The number of alkyl halides is 1. The summed E-state index contributed by atoms with van der Waals surface area (Å²) in [5.74, 6) is 3.04. The summed E-state index contributed by atoms with van der Waals surface area (Å²) in [7, 11) is 3.28. The molecule has 0 radical (unpaired) electrons. The number of likely N-dealkylation sites (tertiary alicyclic amines) is 1. The number of anilines is 1. The molecule has 0 bridgehead atoms. The predicted octanol–water partition coefficient (Wildman–Crippen LogP) is 5.47. The van der Waals surface area contributed by atoms with Gasteiger partial charge in [0.05, 0.1) is 19.9 Å². The number of rotatable bonds is 15. The Labute approximate surface area is 219 Å². The third-order valence-electron chi connectivity index (χ3n) is 7.05. The van der Waals surface area contributed by atoms with E-state index >= 15 is 0 Å². The summed E-state index contributed by atoms with van der Waals surface area (Å²) in [5.41, 5.74) is 3.84. The van der Waals surface area contributed by atoms with Gasteiger partial charge in [0.25, 0.3) is 0 Å². The molecule has 2 N–H and O–H groups in total. The number of nitrogens with one attached hydrogen (secondary N) is 2. The van der Waals surface area contributed by atoms with Gasteiger partial charge < -0.3 is 19.7 Å². The van der Waals surface area contributed by atoms with Crippen LogP contribution in [0.1, 0.15) is 69.0 Å². The van der Waals surface area contributed by atoms with Gasteiger partial charge in [-0.25, -0.2) is 14.4 Å². The Balaban J connectivity index is 1.38. The number of unbranched alkanes of at least 4 members (excludes halogenated alkanes) is 4. The topological polar surface area (TPSA) is 88.2 Å². The second kappa shape index (κ2) is 13.6. The Hall–Kier alpha value is -2.94. The van der Waals surface area contributed by atoms with Crippen molar-refractivity contribution >= 4 is 16.9 Å². The van der Waals surface area contributed by atoms with Crippen molar-refractivity contribution < 1.29 is 13.9 Å². The molecule has 0 spiro atoms. The maximum atomic E-state index is 13.3. The maximum Gasteiger partial charge on any atom is 0.161 e. The third-order valence-corrected chi connectivity index (χ3v) is 7.05. The van der Waals surface area contributed by atoms with E-state index in [0.717, 1.165) is 98.4 Å². The molecule has 0 amide bonds. The van der Waals surface area contributed by atoms with Crippen molar-refractivity contribution in [2.45, 2.75) is 77.4 Å². The average molecular weight is 513 g/mol. The molecule has 0 saturated carbocycles. The van der Waals surface area contributed by atoms with Gasteiger partial charge >= 0.3 is 0 Å². The summed E-state index contributed by atoms with van der Waals surface area (Å²) in [6, 6.07) is 5.90. The Kier molecular flexibility index (Phi) is 9.93. The van der Waals surface area contributed by atoms with Crippen LogP contribution in [0.2, 0.25) is 0 Å². The summed E-state index contributed by atoms with van der Waals surface area (Å²) in [5, 5.41) is 11.3. The van der Waals surface area contributed by atoms with Crippen molar-refractivity contribution in [1.29, 1.82) is 0 Å². The molecule has 3 aromatic rings. The zero-order chi connectivity index (χ0) is 26.0. The van der Waals surface area contributed by atoms with Crippen molar-refractivity contribution in [3.05, 3.63) is 35.3 Å². The third kappa shape index (κ3) is 7.31. The number of hydrogen-bond acceptors (Lipinski definition) is 7. The van der Waals surface area contributed by atoms with Crippen LogP contribution in [-0.4, -0.2) is 65.1 Å². The first kappa shape index (κ1) is 27.1. The Bertz CT molecular complexity index is 1140. The number of methoxy groups -OCH3 is 2. The van der Waals surface area contributed by atoms with Crippen LogP contribution in [0.4, 0.5) is 10.2 Å². The molecule has 0 aliphatic carbocycles. The summed E-state index contributed by atoms with van der Waals surface area (Å²) in [6.07, 6.45) is 8.43. The fraction of sp³-hybridized carbons (Fsp3) is 0.607. The number of nitrogens with zero attached hydrogens (tertiary/aromatic N) is 4. The molecule has 9 heteroatoms. The van der Waals surface area contributed by atoms with Crippen molar-refractivity contribution in [2.24, 2.45) is 0 Å². The molecule has 1 fully saturated rings. The van der Waals surface area contributed by atoms with Gasteiger partial charge in [0.1, 0.15) is 23.0 Å². The lowest BCUT2D eigenvalue weighted by molar-refractivity contribution is 0.283. The van der Waals surface area contributed by atoms with Crippen LogP contribution in [0.5, 0.6) is 11.5 Å². The summed E-state index contributed by atoms with van der Waals surface area (Å²) in [4.78, 5) is 12.0. The summed E-state index contributed by atoms with van der Waals surface area (Å²) in [6.45, 7) is 5.30. The molecule has 202 valence electrons. The average Bonchev–Trinajstić information content (AvgIpc) is 3.53. The maximum absolute atomic E-state index is 13.3. The number of aryl methyl sites for hydroxylation is 2. The predicted molar refractivity (Wildman–Crippen MR) is 145 cm³/mol. The first-order valence-corrected chi connectivity index (χ1v) is 13.7. The van der Waals surface area contributed by atoms with Crippen LogP contribution >= 0.6 is 0 Å². The highest BCUT2D eigenvalue weighted by Crippen LogP contribution is 2.29. The normalized spacial score (nSPS) is 15.9. The van der Waals surface area contributed by atoms with Gasteiger partial charge in [-0.15, -0.1) is 0 Å². The number of H-pyrrole nitrogens is 1. The van der Waals surface area contributed by atoms with Crippen molar-refractivity contribution in [1.82, 2.24) is 25.1 Å². The Morgan fingerprint density at radius 2 is 1.89 bits per heavy atom. The molecular weight excluding hydrogens is 471 g/mol. The minimum absolute atomic E-state index is 0.591. The van der Waals surface area contributed by atoms with E-state index in [2.05, 4.69) is 27.3 Å². The standard InChI is InChI=1S/C28H41FN6O2/c1-4-5-11-25-31-26-22(10-8-6-7-9-15-35-16-14-21(29)19-35)33-34-27(26)28(32-25)30-18-20-12-13-23(36-2)24(17-20)37-3/h12-13,17,21H,4-11,14-16,18-19H2,1-3H3,(H,33,34)(H,30,31,32). The minimum atomic E-state index is -0.629. The van der Waals surface area contributed by atoms with E-state index in [4.69, 9.17) is 19.4 Å². The van der Waals surface area contributed by atoms with Crippen molar-refractivity contribution in [2.75, 3.05) is 39.2 Å². The minimum Gasteiger partial charge on any atom is -0.493 e. The highest BCUT2D eigenvalue weighted by molar-refractivity contribution is 5.87. The fourth-order valence-electron chi connectivity index (χ4n) is 4.89. The van der Waals surface area contributed by atoms with E-state index in [0.29, 0.717) is 31.0 Å². The highest BCUT2D eigenvalue weighted by atomic mass is 19.1. The van der Waals surface area contributed by atoms with E-state index in [1.54, 1.807) is 14.2 Å². The van der Waals surface area contributed by atoms with Crippen LogP contribution in [0.3, 0.4) is 0 Å². The fourth-order valence-corrected chi connectivity index (χ4v) is 4.89. The number of fused-ring (bicyclic) bond motifs is 1.